The molecule has 7 heteroatoms. The van der Waals surface area contributed by atoms with Crippen LogP contribution in [0.1, 0.15) is 66.9 Å². The number of rotatable bonds is 9. The van der Waals surface area contributed by atoms with Crippen molar-refractivity contribution in [3.63, 3.8) is 0 Å². The number of nitrogens with zero attached hydrogens (tertiary/aromatic N) is 3. The minimum Gasteiger partial charge on any atom is -0.493 e. The van der Waals surface area contributed by atoms with Crippen LogP contribution < -0.4 is 5.56 Å². The summed E-state index contributed by atoms with van der Waals surface area (Å²) in [6.07, 6.45) is 6.04. The second-order valence-corrected chi connectivity index (χ2v) is 10.1. The van der Waals surface area contributed by atoms with Gasteiger partial charge >= 0.3 is 0 Å². The minimum absolute atomic E-state index is 0.167. The van der Waals surface area contributed by atoms with Crippen LogP contribution in [0.4, 0.5) is 8.78 Å². The van der Waals surface area contributed by atoms with Crippen molar-refractivity contribution in [2.24, 2.45) is 5.92 Å². The summed E-state index contributed by atoms with van der Waals surface area (Å²) in [4.78, 5) is 22.7. The van der Waals surface area contributed by atoms with Gasteiger partial charge in [0.05, 0.1) is 11.6 Å². The molecule has 1 unspecified atom stereocenters. The molecule has 5 nitrogen and oxygen atoms in total. The molecule has 38 heavy (non-hydrogen) atoms. The quantitative estimate of drug-likeness (QED) is 0.275. The van der Waals surface area contributed by atoms with E-state index in [1.54, 1.807) is 10.8 Å². The maximum absolute atomic E-state index is 14.1. The molecule has 1 N–H and O–H groups in total. The Morgan fingerprint density at radius 2 is 1.79 bits per heavy atom. The summed E-state index contributed by atoms with van der Waals surface area (Å²) in [5.41, 5.74) is 3.95. The third-order valence-electron chi connectivity index (χ3n) is 7.35. The topological polar surface area (TPSA) is 68.0 Å². The van der Waals surface area contributed by atoms with Gasteiger partial charge in [-0.05, 0) is 60.6 Å². The number of aryl methyl sites for hydroxylation is 2. The van der Waals surface area contributed by atoms with E-state index in [2.05, 4.69) is 9.97 Å². The molecule has 2 heterocycles. The number of halogens is 2. The van der Waals surface area contributed by atoms with Gasteiger partial charge in [-0.1, -0.05) is 50.1 Å². The molecule has 5 rings (SSSR count). The highest BCUT2D eigenvalue weighted by molar-refractivity contribution is 5.65. The van der Waals surface area contributed by atoms with Crippen LogP contribution in [-0.2, 0) is 12.8 Å². The maximum atomic E-state index is 14.1. The standard InChI is InChI=1S/C31H31F2N3O2/c1-3-28(23-16-24(32)18-25(33)17-23)36-29(13-10-20-6-7-20)35-30(37)27(31(36)38)15-21-8-11-22(12-9-21)26-5-4-14-34-19(26)2/h4-5,8-9,11-12,14,16-18,20,28,37H,3,6-7,10,13,15H2,1-2H3. The SMILES string of the molecule is CCC(c1cc(F)cc(F)c1)n1c(CCC2CC2)nc(O)c(Cc2ccc(-c3cccnc3C)cc2)c1=O. The van der Waals surface area contributed by atoms with Crippen molar-refractivity contribution in [1.29, 1.82) is 0 Å². The molecule has 1 aliphatic rings. The van der Waals surface area contributed by atoms with Gasteiger partial charge in [-0.15, -0.1) is 0 Å². The van der Waals surface area contributed by atoms with E-state index in [0.29, 0.717) is 30.1 Å². The molecule has 196 valence electrons. The van der Waals surface area contributed by atoms with Crippen LogP contribution in [0.25, 0.3) is 11.1 Å². The molecule has 4 aromatic rings. The van der Waals surface area contributed by atoms with Gasteiger partial charge in [0.25, 0.3) is 5.56 Å². The predicted octanol–water partition coefficient (Wildman–Crippen LogP) is 6.53. The van der Waals surface area contributed by atoms with Gasteiger partial charge in [-0.3, -0.25) is 14.3 Å². The van der Waals surface area contributed by atoms with Gasteiger partial charge in [-0.25, -0.2) is 8.78 Å². The zero-order valence-electron chi connectivity index (χ0n) is 21.6. The Balaban J connectivity index is 1.54. The zero-order valence-corrected chi connectivity index (χ0v) is 21.6. The first-order chi connectivity index (χ1) is 18.3. The van der Waals surface area contributed by atoms with Gasteiger partial charge in [0.1, 0.15) is 17.5 Å². The molecular formula is C31H31F2N3O2. The van der Waals surface area contributed by atoms with E-state index in [9.17, 15) is 18.7 Å². The second kappa shape index (κ2) is 10.9. The monoisotopic (exact) mass is 515 g/mol. The molecule has 0 amide bonds. The summed E-state index contributed by atoms with van der Waals surface area (Å²) in [5, 5.41) is 10.9. The molecule has 0 saturated heterocycles. The largest absolute Gasteiger partial charge is 0.493 e. The highest BCUT2D eigenvalue weighted by Crippen LogP contribution is 2.34. The third kappa shape index (κ3) is 5.52. The summed E-state index contributed by atoms with van der Waals surface area (Å²) in [6.45, 7) is 3.82. The molecule has 0 bridgehead atoms. The summed E-state index contributed by atoms with van der Waals surface area (Å²) < 4.78 is 29.8. The van der Waals surface area contributed by atoms with E-state index in [1.165, 1.54) is 12.1 Å². The van der Waals surface area contributed by atoms with Crippen LogP contribution >= 0.6 is 0 Å². The van der Waals surface area contributed by atoms with E-state index in [4.69, 9.17) is 0 Å². The lowest BCUT2D eigenvalue weighted by molar-refractivity contribution is 0.418. The highest BCUT2D eigenvalue weighted by atomic mass is 19.1. The van der Waals surface area contributed by atoms with Crippen LogP contribution in [0.15, 0.2) is 65.6 Å². The smallest absolute Gasteiger partial charge is 0.261 e. The van der Waals surface area contributed by atoms with Gasteiger partial charge in [0.2, 0.25) is 5.88 Å². The first kappa shape index (κ1) is 25.8. The summed E-state index contributed by atoms with van der Waals surface area (Å²) in [7, 11) is 0. The fourth-order valence-corrected chi connectivity index (χ4v) is 5.12. The van der Waals surface area contributed by atoms with Crippen molar-refractivity contribution in [2.75, 3.05) is 0 Å². The fourth-order valence-electron chi connectivity index (χ4n) is 5.12. The molecule has 1 fully saturated rings. The highest BCUT2D eigenvalue weighted by Gasteiger charge is 2.26. The van der Waals surface area contributed by atoms with Gasteiger partial charge < -0.3 is 5.11 Å². The number of hydrogen-bond donors (Lipinski definition) is 1. The van der Waals surface area contributed by atoms with Crippen molar-refractivity contribution in [3.05, 3.63) is 111 Å². The second-order valence-electron chi connectivity index (χ2n) is 10.1. The van der Waals surface area contributed by atoms with Gasteiger partial charge in [0, 0.05) is 36.4 Å². The molecule has 1 aliphatic carbocycles. The Morgan fingerprint density at radius 1 is 1.08 bits per heavy atom. The first-order valence-corrected chi connectivity index (χ1v) is 13.1. The molecule has 2 aromatic carbocycles. The van der Waals surface area contributed by atoms with Crippen molar-refractivity contribution >= 4 is 0 Å². The van der Waals surface area contributed by atoms with Crippen LogP contribution in [0, 0.1) is 24.5 Å². The zero-order chi connectivity index (χ0) is 26.8. The minimum atomic E-state index is -0.693. The molecule has 1 atom stereocenters. The number of aromatic hydroxyl groups is 1. The van der Waals surface area contributed by atoms with E-state index in [1.807, 2.05) is 50.2 Å². The van der Waals surface area contributed by atoms with Gasteiger partial charge in [0.15, 0.2) is 0 Å². The average molecular weight is 516 g/mol. The lowest BCUT2D eigenvalue weighted by Crippen LogP contribution is -2.32. The Morgan fingerprint density at radius 3 is 2.42 bits per heavy atom. The van der Waals surface area contributed by atoms with Gasteiger partial charge in [-0.2, -0.15) is 4.98 Å². The van der Waals surface area contributed by atoms with Crippen molar-refractivity contribution in [2.45, 2.75) is 58.4 Å². The normalized spacial score (nSPS) is 14.0. The first-order valence-electron chi connectivity index (χ1n) is 13.1. The van der Waals surface area contributed by atoms with E-state index < -0.39 is 17.7 Å². The molecule has 0 aliphatic heterocycles. The van der Waals surface area contributed by atoms with Crippen molar-refractivity contribution in [1.82, 2.24) is 14.5 Å². The number of pyridine rings is 1. The molecular weight excluding hydrogens is 484 g/mol. The molecule has 0 spiro atoms. The number of aromatic nitrogens is 3. The maximum Gasteiger partial charge on any atom is 0.261 e. The van der Waals surface area contributed by atoms with E-state index >= 15 is 0 Å². The predicted molar refractivity (Wildman–Crippen MR) is 143 cm³/mol. The fraction of sp³-hybridized carbons (Fsp3) is 0.323. The molecule has 1 saturated carbocycles. The van der Waals surface area contributed by atoms with E-state index in [0.717, 1.165) is 47.7 Å². The molecule has 0 radical (unpaired) electrons. The lowest BCUT2D eigenvalue weighted by Gasteiger charge is -2.24. The summed E-state index contributed by atoms with van der Waals surface area (Å²) in [5.74, 6) is -0.633. The van der Waals surface area contributed by atoms with Crippen molar-refractivity contribution < 1.29 is 13.9 Å². The Labute approximate surface area is 220 Å². The summed E-state index contributed by atoms with van der Waals surface area (Å²) in [6, 6.07) is 14.4. The lowest BCUT2D eigenvalue weighted by atomic mass is 9.99. The molecule has 2 aromatic heterocycles. The summed E-state index contributed by atoms with van der Waals surface area (Å²) >= 11 is 0. The average Bonchev–Trinajstić information content (AvgIpc) is 3.72. The van der Waals surface area contributed by atoms with Crippen LogP contribution in [0.2, 0.25) is 0 Å². The Kier molecular flexibility index (Phi) is 7.36. The van der Waals surface area contributed by atoms with Crippen molar-refractivity contribution in [3.8, 4) is 17.0 Å². The number of hydrogen-bond acceptors (Lipinski definition) is 4. The number of benzene rings is 2. The van der Waals surface area contributed by atoms with E-state index in [-0.39, 0.29) is 23.4 Å². The van der Waals surface area contributed by atoms with Crippen LogP contribution in [-0.4, -0.2) is 19.6 Å². The Bertz CT molecular complexity index is 1490. The van der Waals surface area contributed by atoms with Crippen LogP contribution in [0.5, 0.6) is 5.88 Å². The van der Waals surface area contributed by atoms with Crippen LogP contribution in [0.3, 0.4) is 0 Å². The third-order valence-corrected chi connectivity index (χ3v) is 7.35. The Hall–Kier alpha value is -3.87.